The Bertz CT molecular complexity index is 1030. The minimum atomic E-state index is -0.657. The molecule has 2 unspecified atom stereocenters. The molecule has 4 heteroatoms. The number of aliphatic hydroxyl groups is 2. The Kier molecular flexibility index (Phi) is 68.1. The van der Waals surface area contributed by atoms with Gasteiger partial charge < -0.3 is 15.5 Å². The summed E-state index contributed by atoms with van der Waals surface area (Å²) in [5.41, 5.74) is 0. The lowest BCUT2D eigenvalue weighted by Crippen LogP contribution is -2.45. The zero-order chi connectivity index (χ0) is 54.8. The summed E-state index contributed by atoms with van der Waals surface area (Å²) in [6.45, 7) is 4.42. The predicted octanol–water partition coefficient (Wildman–Crippen LogP) is 24.6. The van der Waals surface area contributed by atoms with E-state index in [0.29, 0.717) is 12.8 Å². The third kappa shape index (κ3) is 64.2. The van der Waals surface area contributed by atoms with Crippen molar-refractivity contribution in [2.24, 2.45) is 0 Å². The minimum Gasteiger partial charge on any atom is -0.394 e. The minimum absolute atomic E-state index is 0.0189. The Labute approximate surface area is 480 Å². The topological polar surface area (TPSA) is 69.6 Å². The lowest BCUT2D eigenvalue weighted by atomic mass is 10.0. The molecule has 0 aromatic heterocycles. The monoisotopic (exact) mass is 1070 g/mol. The molecule has 0 aromatic rings. The Hall–Kier alpha value is -0.610. The van der Waals surface area contributed by atoms with Gasteiger partial charge in [0, 0.05) is 6.42 Å². The van der Waals surface area contributed by atoms with Crippen LogP contribution in [0.1, 0.15) is 438 Å². The molecule has 0 radical (unpaired) electrons. The zero-order valence-corrected chi connectivity index (χ0v) is 52.8. The molecule has 0 spiro atoms. The van der Waals surface area contributed by atoms with Gasteiger partial charge in [0.25, 0.3) is 0 Å². The molecule has 0 aliphatic heterocycles. The van der Waals surface area contributed by atoms with Gasteiger partial charge in [0.05, 0.1) is 18.8 Å². The highest BCUT2D eigenvalue weighted by molar-refractivity contribution is 5.76. The van der Waals surface area contributed by atoms with E-state index < -0.39 is 12.1 Å². The summed E-state index contributed by atoms with van der Waals surface area (Å²) in [6, 6.07) is -0.533. The van der Waals surface area contributed by atoms with Gasteiger partial charge in [-0.05, 0) is 12.8 Å². The number of hydrogen-bond donors (Lipinski definition) is 3. The van der Waals surface area contributed by atoms with E-state index in [1.807, 2.05) is 0 Å². The number of amides is 1. The highest BCUT2D eigenvalue weighted by Crippen LogP contribution is 2.20. The van der Waals surface area contributed by atoms with Crippen LogP contribution in [0.4, 0.5) is 0 Å². The van der Waals surface area contributed by atoms with Crippen LogP contribution < -0.4 is 5.32 Å². The van der Waals surface area contributed by atoms with Gasteiger partial charge in [0.15, 0.2) is 0 Å². The van der Waals surface area contributed by atoms with Crippen LogP contribution >= 0.6 is 0 Å². The van der Waals surface area contributed by atoms with Crippen LogP contribution in [0.5, 0.6) is 0 Å². The normalized spacial score (nSPS) is 12.5. The molecule has 0 bridgehead atoms. The van der Waals surface area contributed by atoms with Crippen molar-refractivity contribution in [2.45, 2.75) is 450 Å². The van der Waals surface area contributed by atoms with Gasteiger partial charge in [-0.15, -0.1) is 0 Å². The molecule has 0 saturated carbocycles. The number of carbonyl (C=O) groups excluding carboxylic acids is 1. The fourth-order valence-electron chi connectivity index (χ4n) is 12.1. The van der Waals surface area contributed by atoms with E-state index in [4.69, 9.17) is 0 Å². The van der Waals surface area contributed by atoms with Crippen LogP contribution in [0.3, 0.4) is 0 Å². The van der Waals surface area contributed by atoms with Crippen molar-refractivity contribution in [2.75, 3.05) is 6.61 Å². The second-order valence-electron chi connectivity index (χ2n) is 25.4. The molecule has 76 heavy (non-hydrogen) atoms. The fourth-order valence-corrected chi connectivity index (χ4v) is 12.1. The van der Waals surface area contributed by atoms with E-state index >= 15 is 0 Å². The maximum atomic E-state index is 12.6. The van der Waals surface area contributed by atoms with E-state index in [1.54, 1.807) is 0 Å². The molecule has 0 heterocycles. The van der Waals surface area contributed by atoms with Crippen molar-refractivity contribution in [3.8, 4) is 0 Å². The first-order chi connectivity index (χ1) is 37.7. The lowest BCUT2D eigenvalue weighted by molar-refractivity contribution is -0.123. The Balaban J connectivity index is 3.34. The quantitative estimate of drug-likeness (QED) is 0.0532. The molecule has 0 aliphatic carbocycles. The van der Waals surface area contributed by atoms with Crippen molar-refractivity contribution in [3.05, 3.63) is 0 Å². The van der Waals surface area contributed by atoms with Gasteiger partial charge in [-0.2, -0.15) is 0 Å². The molecule has 0 saturated heterocycles. The average Bonchev–Trinajstić information content (AvgIpc) is 3.42. The standard InChI is InChI=1S/C72H145NO3/c1-3-5-7-9-11-13-15-17-19-21-23-25-27-29-31-32-33-34-35-36-37-38-39-40-42-44-46-48-50-52-54-56-58-60-62-64-66-68-72(76)73-70(69-74)71(75)67-65-63-61-59-57-55-53-51-49-47-45-43-41-30-28-26-24-22-20-18-16-14-12-10-8-6-4-2/h70-71,74-75H,3-69H2,1-2H3,(H,73,76). The fraction of sp³-hybridized carbons (Fsp3) is 0.986. The number of hydrogen-bond acceptors (Lipinski definition) is 3. The summed E-state index contributed by atoms with van der Waals surface area (Å²) >= 11 is 0. The summed E-state index contributed by atoms with van der Waals surface area (Å²) in [4.78, 5) is 12.6. The number of rotatable bonds is 69. The van der Waals surface area contributed by atoms with Crippen LogP contribution in [-0.4, -0.2) is 34.9 Å². The van der Waals surface area contributed by atoms with Crippen LogP contribution in [0.2, 0.25) is 0 Å². The second kappa shape index (κ2) is 68.7. The molecular weight excluding hydrogens is 927 g/mol. The molecule has 1 amide bonds. The summed E-state index contributed by atoms with van der Waals surface area (Å²) in [5.74, 6) is -0.0189. The molecular formula is C72H145NO3. The SMILES string of the molecule is CCCCCCCCCCCCCCCCCCCCCCCCCCCCCCCCCCCCCCCC(=O)NC(CO)C(O)CCCCCCCCCCCCCCCCCCCCCCCCCCCCC. The summed E-state index contributed by atoms with van der Waals surface area (Å²) in [7, 11) is 0. The molecule has 4 nitrogen and oxygen atoms in total. The molecule has 0 rings (SSSR count). The zero-order valence-electron chi connectivity index (χ0n) is 52.8. The number of unbranched alkanes of at least 4 members (excludes halogenated alkanes) is 62. The largest absolute Gasteiger partial charge is 0.394 e. The first kappa shape index (κ1) is 75.4. The second-order valence-corrected chi connectivity index (χ2v) is 25.4. The number of aliphatic hydroxyl groups excluding tert-OH is 2. The van der Waals surface area contributed by atoms with Gasteiger partial charge in [-0.1, -0.05) is 418 Å². The highest BCUT2D eigenvalue weighted by Gasteiger charge is 2.20. The third-order valence-electron chi connectivity index (χ3n) is 17.6. The number of nitrogens with one attached hydrogen (secondary N) is 1. The maximum absolute atomic E-state index is 12.6. The predicted molar refractivity (Wildman–Crippen MR) is 341 cm³/mol. The van der Waals surface area contributed by atoms with E-state index in [2.05, 4.69) is 19.2 Å². The van der Waals surface area contributed by atoms with Gasteiger partial charge in [-0.3, -0.25) is 4.79 Å². The Morgan fingerprint density at radius 2 is 0.421 bits per heavy atom. The van der Waals surface area contributed by atoms with Crippen LogP contribution in [0.25, 0.3) is 0 Å². The third-order valence-corrected chi connectivity index (χ3v) is 17.6. The molecule has 456 valence electrons. The molecule has 2 atom stereocenters. The van der Waals surface area contributed by atoms with E-state index in [1.165, 1.54) is 385 Å². The summed E-state index contributed by atoms with van der Waals surface area (Å²) in [6.07, 6.45) is 90.4. The van der Waals surface area contributed by atoms with E-state index in [0.717, 1.165) is 25.7 Å². The van der Waals surface area contributed by atoms with Gasteiger partial charge in [-0.25, -0.2) is 0 Å². The van der Waals surface area contributed by atoms with Crippen molar-refractivity contribution in [1.82, 2.24) is 5.32 Å². The average molecular weight is 1070 g/mol. The number of carbonyl (C=O) groups is 1. The van der Waals surface area contributed by atoms with Crippen molar-refractivity contribution in [1.29, 1.82) is 0 Å². The molecule has 0 fully saturated rings. The maximum Gasteiger partial charge on any atom is 0.220 e. The van der Waals surface area contributed by atoms with E-state index in [9.17, 15) is 15.0 Å². The molecule has 0 aliphatic rings. The van der Waals surface area contributed by atoms with Crippen molar-refractivity contribution >= 4 is 5.91 Å². The molecule has 3 N–H and O–H groups in total. The van der Waals surface area contributed by atoms with Gasteiger partial charge in [0.2, 0.25) is 5.91 Å². The smallest absolute Gasteiger partial charge is 0.220 e. The highest BCUT2D eigenvalue weighted by atomic mass is 16.3. The van der Waals surface area contributed by atoms with Gasteiger partial charge >= 0.3 is 0 Å². The Morgan fingerprint density at radius 3 is 0.592 bits per heavy atom. The summed E-state index contributed by atoms with van der Waals surface area (Å²) in [5, 5.41) is 23.5. The Morgan fingerprint density at radius 1 is 0.263 bits per heavy atom. The van der Waals surface area contributed by atoms with Gasteiger partial charge in [0.1, 0.15) is 0 Å². The summed E-state index contributed by atoms with van der Waals surface area (Å²) < 4.78 is 0. The van der Waals surface area contributed by atoms with Crippen LogP contribution in [0.15, 0.2) is 0 Å². The lowest BCUT2D eigenvalue weighted by Gasteiger charge is -2.22. The first-order valence-corrected chi connectivity index (χ1v) is 36.2. The van der Waals surface area contributed by atoms with E-state index in [-0.39, 0.29) is 12.5 Å². The van der Waals surface area contributed by atoms with Crippen molar-refractivity contribution < 1.29 is 15.0 Å². The molecule has 0 aromatic carbocycles. The van der Waals surface area contributed by atoms with Crippen LogP contribution in [0, 0.1) is 0 Å². The van der Waals surface area contributed by atoms with Crippen LogP contribution in [-0.2, 0) is 4.79 Å². The van der Waals surface area contributed by atoms with Crippen molar-refractivity contribution in [3.63, 3.8) is 0 Å². The first-order valence-electron chi connectivity index (χ1n) is 36.2.